The third-order valence-corrected chi connectivity index (χ3v) is 6.01. The number of piperidine rings is 1. The standard InChI is InChI=1S/C19H31N3O3S/c1-4-13-22(17-9-11-20-12-10-17)19(23)16-5-7-18(8-6-16)26(24,25)21-14-15(2)3/h5-8,15,17,20-21H,4,9-14H2,1-3H3. The number of sulfonamides is 1. The monoisotopic (exact) mass is 381 g/mol. The van der Waals surface area contributed by atoms with Crippen LogP contribution in [0.5, 0.6) is 0 Å². The van der Waals surface area contributed by atoms with E-state index in [2.05, 4.69) is 17.0 Å². The zero-order chi connectivity index (χ0) is 19.2. The Bertz CT molecular complexity index is 680. The lowest BCUT2D eigenvalue weighted by atomic mass is 10.0. The van der Waals surface area contributed by atoms with Crippen molar-refractivity contribution in [3.8, 4) is 0 Å². The molecule has 0 radical (unpaired) electrons. The number of hydrogen-bond donors (Lipinski definition) is 2. The predicted octanol–water partition coefficient (Wildman–Crippen LogP) is 2.23. The van der Waals surface area contributed by atoms with E-state index < -0.39 is 10.0 Å². The third-order valence-electron chi connectivity index (χ3n) is 4.57. The highest BCUT2D eigenvalue weighted by atomic mass is 32.2. The lowest BCUT2D eigenvalue weighted by Crippen LogP contribution is -2.46. The number of carbonyl (C=O) groups excluding carboxylic acids is 1. The van der Waals surface area contributed by atoms with Gasteiger partial charge in [-0.3, -0.25) is 4.79 Å². The summed E-state index contributed by atoms with van der Waals surface area (Å²) in [6, 6.07) is 6.52. The summed E-state index contributed by atoms with van der Waals surface area (Å²) < 4.78 is 27.2. The van der Waals surface area contributed by atoms with Crippen LogP contribution in [0.2, 0.25) is 0 Å². The van der Waals surface area contributed by atoms with Crippen molar-refractivity contribution < 1.29 is 13.2 Å². The molecule has 146 valence electrons. The molecule has 6 nitrogen and oxygen atoms in total. The first-order chi connectivity index (χ1) is 12.3. The van der Waals surface area contributed by atoms with Crippen LogP contribution >= 0.6 is 0 Å². The molecule has 2 rings (SSSR count). The minimum absolute atomic E-state index is 0.0159. The molecule has 0 bridgehead atoms. The van der Waals surface area contributed by atoms with Crippen molar-refractivity contribution in [2.75, 3.05) is 26.2 Å². The van der Waals surface area contributed by atoms with Crippen LogP contribution in [0, 0.1) is 5.92 Å². The maximum absolute atomic E-state index is 13.0. The minimum Gasteiger partial charge on any atom is -0.336 e. The van der Waals surface area contributed by atoms with Crippen molar-refractivity contribution in [2.24, 2.45) is 5.92 Å². The van der Waals surface area contributed by atoms with E-state index in [-0.39, 0.29) is 22.8 Å². The average molecular weight is 382 g/mol. The van der Waals surface area contributed by atoms with Crippen LogP contribution in [0.4, 0.5) is 0 Å². The second-order valence-corrected chi connectivity index (χ2v) is 9.02. The maximum atomic E-state index is 13.0. The summed E-state index contributed by atoms with van der Waals surface area (Å²) in [4.78, 5) is 15.1. The van der Waals surface area contributed by atoms with Gasteiger partial charge in [0.05, 0.1) is 4.90 Å². The lowest BCUT2D eigenvalue weighted by Gasteiger charge is -2.34. The largest absolute Gasteiger partial charge is 0.336 e. The highest BCUT2D eigenvalue weighted by Crippen LogP contribution is 2.18. The first-order valence-electron chi connectivity index (χ1n) is 9.46. The first-order valence-corrected chi connectivity index (χ1v) is 10.9. The van der Waals surface area contributed by atoms with Crippen LogP contribution in [-0.2, 0) is 10.0 Å². The minimum atomic E-state index is -3.53. The molecule has 1 aromatic rings. The van der Waals surface area contributed by atoms with Gasteiger partial charge in [-0.25, -0.2) is 13.1 Å². The average Bonchev–Trinajstić information content (AvgIpc) is 2.65. The number of amides is 1. The van der Waals surface area contributed by atoms with Gasteiger partial charge < -0.3 is 10.2 Å². The molecule has 1 aromatic carbocycles. The van der Waals surface area contributed by atoms with Gasteiger partial charge in [0, 0.05) is 24.7 Å². The Balaban J connectivity index is 2.13. The summed E-state index contributed by atoms with van der Waals surface area (Å²) in [7, 11) is -3.53. The fourth-order valence-corrected chi connectivity index (χ4v) is 4.33. The Kier molecular flexibility index (Phi) is 7.61. The SMILES string of the molecule is CCCN(C(=O)c1ccc(S(=O)(=O)NCC(C)C)cc1)C1CCNCC1. The molecule has 1 fully saturated rings. The molecule has 0 aromatic heterocycles. The van der Waals surface area contributed by atoms with E-state index in [1.54, 1.807) is 12.1 Å². The molecular weight excluding hydrogens is 350 g/mol. The molecule has 0 spiro atoms. The van der Waals surface area contributed by atoms with Crippen LogP contribution in [0.25, 0.3) is 0 Å². The second kappa shape index (κ2) is 9.48. The molecule has 7 heteroatoms. The lowest BCUT2D eigenvalue weighted by molar-refractivity contribution is 0.0642. The second-order valence-electron chi connectivity index (χ2n) is 7.25. The Labute approximate surface area is 157 Å². The number of benzene rings is 1. The molecule has 1 saturated heterocycles. The van der Waals surface area contributed by atoms with E-state index in [1.165, 1.54) is 12.1 Å². The van der Waals surface area contributed by atoms with Gasteiger partial charge in [0.2, 0.25) is 10.0 Å². The summed E-state index contributed by atoms with van der Waals surface area (Å²) in [5, 5.41) is 3.32. The predicted molar refractivity (Wildman–Crippen MR) is 104 cm³/mol. The molecule has 0 saturated carbocycles. The molecule has 1 aliphatic heterocycles. The number of hydrogen-bond acceptors (Lipinski definition) is 4. The van der Waals surface area contributed by atoms with Gasteiger partial charge in [-0.05, 0) is 62.5 Å². The van der Waals surface area contributed by atoms with E-state index in [9.17, 15) is 13.2 Å². The molecule has 2 N–H and O–H groups in total. The highest BCUT2D eigenvalue weighted by Gasteiger charge is 2.26. The van der Waals surface area contributed by atoms with Crippen LogP contribution in [0.15, 0.2) is 29.2 Å². The number of rotatable bonds is 8. The van der Waals surface area contributed by atoms with Gasteiger partial charge in [0.15, 0.2) is 0 Å². The molecule has 1 aliphatic rings. The molecule has 1 heterocycles. The first kappa shape index (κ1) is 20.9. The summed E-state index contributed by atoms with van der Waals surface area (Å²) in [5.41, 5.74) is 0.541. The van der Waals surface area contributed by atoms with Crippen molar-refractivity contribution in [1.82, 2.24) is 14.9 Å². The molecule has 1 amide bonds. The van der Waals surface area contributed by atoms with Crippen LogP contribution < -0.4 is 10.0 Å². The van der Waals surface area contributed by atoms with Gasteiger partial charge in [0.1, 0.15) is 0 Å². The highest BCUT2D eigenvalue weighted by molar-refractivity contribution is 7.89. The molecule has 26 heavy (non-hydrogen) atoms. The van der Waals surface area contributed by atoms with Gasteiger partial charge in [0.25, 0.3) is 5.91 Å². The molecule has 0 aliphatic carbocycles. The van der Waals surface area contributed by atoms with Gasteiger partial charge in [-0.1, -0.05) is 20.8 Å². The van der Waals surface area contributed by atoms with Crippen LogP contribution in [-0.4, -0.2) is 51.4 Å². The zero-order valence-electron chi connectivity index (χ0n) is 16.0. The normalized spacial score (nSPS) is 16.0. The Hall–Kier alpha value is -1.44. The fourth-order valence-electron chi connectivity index (χ4n) is 3.11. The van der Waals surface area contributed by atoms with E-state index in [0.717, 1.165) is 38.9 Å². The van der Waals surface area contributed by atoms with Gasteiger partial charge in [-0.15, -0.1) is 0 Å². The van der Waals surface area contributed by atoms with Crippen molar-refractivity contribution in [3.05, 3.63) is 29.8 Å². The summed E-state index contributed by atoms with van der Waals surface area (Å²) in [6.45, 7) is 8.94. The van der Waals surface area contributed by atoms with Crippen molar-refractivity contribution in [1.29, 1.82) is 0 Å². The van der Waals surface area contributed by atoms with Crippen molar-refractivity contribution >= 4 is 15.9 Å². The van der Waals surface area contributed by atoms with Crippen LogP contribution in [0.3, 0.4) is 0 Å². The Morgan fingerprint density at radius 2 is 1.85 bits per heavy atom. The van der Waals surface area contributed by atoms with E-state index in [4.69, 9.17) is 0 Å². The topological polar surface area (TPSA) is 78.5 Å². The maximum Gasteiger partial charge on any atom is 0.254 e. The van der Waals surface area contributed by atoms with E-state index in [1.807, 2.05) is 18.7 Å². The molecule has 0 unspecified atom stereocenters. The smallest absolute Gasteiger partial charge is 0.254 e. The van der Waals surface area contributed by atoms with Gasteiger partial charge >= 0.3 is 0 Å². The summed E-state index contributed by atoms with van der Waals surface area (Å²) >= 11 is 0. The van der Waals surface area contributed by atoms with Crippen molar-refractivity contribution in [3.63, 3.8) is 0 Å². The quantitative estimate of drug-likeness (QED) is 0.724. The van der Waals surface area contributed by atoms with Crippen LogP contribution in [0.1, 0.15) is 50.4 Å². The number of nitrogens with one attached hydrogen (secondary N) is 2. The third kappa shape index (κ3) is 5.53. The Morgan fingerprint density at radius 3 is 2.38 bits per heavy atom. The van der Waals surface area contributed by atoms with E-state index >= 15 is 0 Å². The number of nitrogens with zero attached hydrogens (tertiary/aromatic N) is 1. The van der Waals surface area contributed by atoms with Crippen molar-refractivity contribution in [2.45, 2.75) is 51.0 Å². The van der Waals surface area contributed by atoms with Gasteiger partial charge in [-0.2, -0.15) is 0 Å². The summed E-state index contributed by atoms with van der Waals surface area (Å²) in [5.74, 6) is 0.219. The summed E-state index contributed by atoms with van der Waals surface area (Å²) in [6.07, 6.45) is 2.82. The number of carbonyl (C=O) groups is 1. The molecule has 0 atom stereocenters. The Morgan fingerprint density at radius 1 is 1.23 bits per heavy atom. The fraction of sp³-hybridized carbons (Fsp3) is 0.632. The zero-order valence-corrected chi connectivity index (χ0v) is 16.8. The van der Waals surface area contributed by atoms with E-state index in [0.29, 0.717) is 12.1 Å². The molecular formula is C19H31N3O3S.